The highest BCUT2D eigenvalue weighted by Gasteiger charge is 2.24. The van der Waals surface area contributed by atoms with Crippen LogP contribution in [0.1, 0.15) is 149 Å². The van der Waals surface area contributed by atoms with Gasteiger partial charge in [-0.1, -0.05) is 133 Å². The molecule has 0 saturated carbocycles. The van der Waals surface area contributed by atoms with E-state index >= 15 is 0 Å². The first-order chi connectivity index (χ1) is 23.4. The lowest BCUT2D eigenvalue weighted by Gasteiger charge is -2.19. The van der Waals surface area contributed by atoms with Crippen LogP contribution < -0.4 is 5.73 Å². The standard InChI is InChI=1S/C39H70NO7P/c1-3-5-7-9-11-13-15-17-19-20-22-24-26-28-30-32-39(41)45-36-38(37-47-48(42,43)46-35-33-40)44-34-31-29-27-25-23-21-18-16-14-12-10-8-6-4-2/h5,7,11,13,17,19,22,24,31,34,38H,3-4,6,8-10,12,14-16,18,20-21,23,25-30,32-33,35-37,40H2,1-2H3,(H,42,43). The van der Waals surface area contributed by atoms with Crippen molar-refractivity contribution in [2.45, 2.75) is 155 Å². The van der Waals surface area contributed by atoms with Gasteiger partial charge < -0.3 is 20.1 Å². The summed E-state index contributed by atoms with van der Waals surface area (Å²) in [6.07, 6.45) is 43.4. The van der Waals surface area contributed by atoms with Gasteiger partial charge in [0.2, 0.25) is 0 Å². The van der Waals surface area contributed by atoms with E-state index in [9.17, 15) is 14.3 Å². The minimum atomic E-state index is -4.27. The minimum absolute atomic E-state index is 0.0878. The molecule has 0 radical (unpaired) electrons. The van der Waals surface area contributed by atoms with E-state index in [1.54, 1.807) is 6.26 Å². The van der Waals surface area contributed by atoms with E-state index in [-0.39, 0.29) is 32.3 Å². The molecule has 48 heavy (non-hydrogen) atoms. The molecule has 0 rings (SSSR count). The lowest BCUT2D eigenvalue weighted by Crippen LogP contribution is -2.25. The van der Waals surface area contributed by atoms with Crippen molar-refractivity contribution in [1.29, 1.82) is 0 Å². The molecule has 3 N–H and O–H groups in total. The van der Waals surface area contributed by atoms with Crippen molar-refractivity contribution in [3.05, 3.63) is 60.9 Å². The molecule has 0 aromatic heterocycles. The predicted molar refractivity (Wildman–Crippen MR) is 201 cm³/mol. The van der Waals surface area contributed by atoms with Gasteiger partial charge in [-0.05, 0) is 63.9 Å². The van der Waals surface area contributed by atoms with Crippen molar-refractivity contribution in [3.63, 3.8) is 0 Å². The van der Waals surface area contributed by atoms with Gasteiger partial charge in [0.15, 0.2) is 6.10 Å². The minimum Gasteiger partial charge on any atom is -0.492 e. The molecule has 0 heterocycles. The number of unbranched alkanes of at least 4 members (excludes halogenated alkanes) is 14. The molecule has 0 saturated heterocycles. The van der Waals surface area contributed by atoms with Crippen molar-refractivity contribution in [1.82, 2.24) is 0 Å². The van der Waals surface area contributed by atoms with Gasteiger partial charge in [-0.2, -0.15) is 0 Å². The topological polar surface area (TPSA) is 117 Å². The fourth-order valence-corrected chi connectivity index (χ4v) is 5.50. The van der Waals surface area contributed by atoms with Crippen molar-refractivity contribution in [2.24, 2.45) is 5.73 Å². The SMILES string of the molecule is CCC=CCC=CCC=CCC=CCCCCC(=O)OCC(COP(=O)(O)OCCN)OC=CCCCCCCCCCCCCCC. The van der Waals surface area contributed by atoms with Gasteiger partial charge >= 0.3 is 13.8 Å². The molecular weight excluding hydrogens is 625 g/mol. The monoisotopic (exact) mass is 695 g/mol. The van der Waals surface area contributed by atoms with Gasteiger partial charge in [0, 0.05) is 13.0 Å². The number of ether oxygens (including phenoxy) is 2. The third-order valence-corrected chi connectivity index (χ3v) is 8.52. The Morgan fingerprint density at radius 1 is 0.667 bits per heavy atom. The Morgan fingerprint density at radius 2 is 1.19 bits per heavy atom. The number of phosphoric acid groups is 1. The average Bonchev–Trinajstić information content (AvgIpc) is 3.08. The lowest BCUT2D eigenvalue weighted by molar-refractivity contribution is -0.147. The molecule has 0 aromatic rings. The second-order valence-electron chi connectivity index (χ2n) is 12.1. The van der Waals surface area contributed by atoms with Crippen molar-refractivity contribution >= 4 is 13.8 Å². The van der Waals surface area contributed by atoms with E-state index in [1.165, 1.54) is 70.6 Å². The zero-order chi connectivity index (χ0) is 35.2. The molecule has 2 atom stereocenters. The summed E-state index contributed by atoms with van der Waals surface area (Å²) in [5.41, 5.74) is 5.34. The van der Waals surface area contributed by atoms with Crippen LogP contribution in [-0.2, 0) is 27.9 Å². The second-order valence-corrected chi connectivity index (χ2v) is 13.6. The summed E-state index contributed by atoms with van der Waals surface area (Å²) < 4.78 is 33.0. The summed E-state index contributed by atoms with van der Waals surface area (Å²) in [6, 6.07) is 0. The van der Waals surface area contributed by atoms with Crippen molar-refractivity contribution in [3.8, 4) is 0 Å². The Balaban J connectivity index is 4.23. The number of phosphoric ester groups is 1. The van der Waals surface area contributed by atoms with E-state index in [4.69, 9.17) is 24.3 Å². The molecule has 0 bridgehead atoms. The van der Waals surface area contributed by atoms with Crippen LogP contribution in [0.3, 0.4) is 0 Å². The van der Waals surface area contributed by atoms with Crippen LogP contribution in [0, 0.1) is 0 Å². The summed E-state index contributed by atoms with van der Waals surface area (Å²) in [7, 11) is -4.27. The number of hydrogen-bond donors (Lipinski definition) is 2. The van der Waals surface area contributed by atoms with Crippen molar-refractivity contribution in [2.75, 3.05) is 26.4 Å². The fraction of sp³-hybridized carbons (Fsp3) is 0.718. The highest BCUT2D eigenvalue weighted by molar-refractivity contribution is 7.47. The summed E-state index contributed by atoms with van der Waals surface area (Å²) in [5, 5.41) is 0. The molecule has 0 aliphatic carbocycles. The molecule has 2 unspecified atom stereocenters. The molecule has 0 aliphatic heterocycles. The summed E-state index contributed by atoms with van der Waals surface area (Å²) in [4.78, 5) is 22.2. The highest BCUT2D eigenvalue weighted by Crippen LogP contribution is 2.43. The van der Waals surface area contributed by atoms with E-state index in [1.807, 2.05) is 6.08 Å². The quantitative estimate of drug-likeness (QED) is 0.0221. The van der Waals surface area contributed by atoms with Gasteiger partial charge in [-0.15, -0.1) is 0 Å². The van der Waals surface area contributed by atoms with Crippen LogP contribution in [0.2, 0.25) is 0 Å². The maximum Gasteiger partial charge on any atom is 0.472 e. The molecule has 0 aliphatic rings. The third-order valence-electron chi connectivity index (χ3n) is 7.54. The molecule has 278 valence electrons. The van der Waals surface area contributed by atoms with Gasteiger partial charge in [0.1, 0.15) is 6.61 Å². The number of carbonyl (C=O) groups is 1. The first kappa shape index (κ1) is 46.0. The zero-order valence-corrected chi connectivity index (χ0v) is 31.3. The Labute approximate surface area is 293 Å². The van der Waals surface area contributed by atoms with Crippen LogP contribution in [0.4, 0.5) is 0 Å². The van der Waals surface area contributed by atoms with Crippen LogP contribution in [0.5, 0.6) is 0 Å². The van der Waals surface area contributed by atoms with Gasteiger partial charge in [0.25, 0.3) is 0 Å². The first-order valence-electron chi connectivity index (χ1n) is 18.8. The van der Waals surface area contributed by atoms with Gasteiger partial charge in [-0.25, -0.2) is 4.57 Å². The second kappa shape index (κ2) is 36.3. The van der Waals surface area contributed by atoms with Crippen LogP contribution in [-0.4, -0.2) is 43.3 Å². The Morgan fingerprint density at radius 3 is 1.77 bits per heavy atom. The Bertz CT molecular complexity index is 916. The number of nitrogens with two attached hydrogens (primary N) is 1. The first-order valence-corrected chi connectivity index (χ1v) is 20.3. The highest BCUT2D eigenvalue weighted by atomic mass is 31.2. The number of hydrogen-bond acceptors (Lipinski definition) is 7. The molecule has 0 spiro atoms. The van der Waals surface area contributed by atoms with Crippen LogP contribution >= 0.6 is 7.82 Å². The maximum atomic E-state index is 12.3. The van der Waals surface area contributed by atoms with E-state index in [0.717, 1.165) is 57.8 Å². The molecule has 0 amide bonds. The van der Waals surface area contributed by atoms with Crippen molar-refractivity contribution < 1.29 is 32.8 Å². The molecule has 0 aromatic carbocycles. The van der Waals surface area contributed by atoms with Gasteiger partial charge in [-0.3, -0.25) is 13.8 Å². The summed E-state index contributed by atoms with van der Waals surface area (Å²) >= 11 is 0. The normalized spacial score (nSPS) is 14.2. The lowest BCUT2D eigenvalue weighted by atomic mass is 10.0. The van der Waals surface area contributed by atoms with Gasteiger partial charge in [0.05, 0.1) is 19.5 Å². The smallest absolute Gasteiger partial charge is 0.472 e. The number of rotatable bonds is 35. The molecule has 0 fully saturated rings. The van der Waals surface area contributed by atoms with Crippen LogP contribution in [0.15, 0.2) is 60.9 Å². The molecule has 9 heteroatoms. The van der Waals surface area contributed by atoms with Crippen LogP contribution in [0.25, 0.3) is 0 Å². The van der Waals surface area contributed by atoms with E-state index in [2.05, 4.69) is 62.5 Å². The third kappa shape index (κ3) is 35.3. The molecule has 8 nitrogen and oxygen atoms in total. The predicted octanol–water partition coefficient (Wildman–Crippen LogP) is 11.0. The largest absolute Gasteiger partial charge is 0.492 e. The maximum absolute atomic E-state index is 12.3. The van der Waals surface area contributed by atoms with E-state index in [0.29, 0.717) is 6.42 Å². The Hall–Kier alpha value is -1.96. The molecular formula is C39H70NO7P. The number of carbonyl (C=O) groups excluding carboxylic acids is 1. The summed E-state index contributed by atoms with van der Waals surface area (Å²) in [6.45, 7) is 4.03. The number of esters is 1. The fourth-order valence-electron chi connectivity index (χ4n) is 4.73. The zero-order valence-electron chi connectivity index (χ0n) is 30.4. The number of allylic oxidation sites excluding steroid dienone is 9. The van der Waals surface area contributed by atoms with E-state index < -0.39 is 13.9 Å². The summed E-state index contributed by atoms with van der Waals surface area (Å²) in [5.74, 6) is -0.333. The average molecular weight is 696 g/mol. The Kier molecular flexibility index (Phi) is 34.8.